The van der Waals surface area contributed by atoms with Gasteiger partial charge in [0.05, 0.1) is 16.4 Å². The molecule has 0 amide bonds. The Hall–Kier alpha value is -2.53. The van der Waals surface area contributed by atoms with Gasteiger partial charge in [-0.25, -0.2) is 18.1 Å². The Balaban J connectivity index is 2.23. The summed E-state index contributed by atoms with van der Waals surface area (Å²) in [6, 6.07) is 3.27. The molecular weight excluding hydrogens is 300 g/mol. The van der Waals surface area contributed by atoms with Crippen molar-refractivity contribution in [2.24, 2.45) is 7.05 Å². The number of nitrogens with two attached hydrogens (primary N) is 1. The zero-order chi connectivity index (χ0) is 15.6. The molecule has 0 saturated carbocycles. The van der Waals surface area contributed by atoms with Crippen molar-refractivity contribution >= 4 is 21.4 Å². The first kappa shape index (κ1) is 14.9. The summed E-state index contributed by atoms with van der Waals surface area (Å²) >= 11 is 0. The van der Waals surface area contributed by atoms with Crippen LogP contribution in [0.15, 0.2) is 29.4 Å². The van der Waals surface area contributed by atoms with Gasteiger partial charge in [-0.05, 0) is 12.1 Å². The molecule has 0 bridgehead atoms. The highest BCUT2D eigenvalue weighted by molar-refractivity contribution is 7.89. The summed E-state index contributed by atoms with van der Waals surface area (Å²) in [6.07, 6.45) is 1.43. The van der Waals surface area contributed by atoms with Gasteiger partial charge in [0.1, 0.15) is 12.0 Å². The maximum Gasteiger partial charge on any atom is 0.293 e. The molecule has 1 heterocycles. The molecule has 1 aromatic carbocycles. The molecule has 1 aromatic heterocycles. The van der Waals surface area contributed by atoms with Crippen LogP contribution in [0.2, 0.25) is 0 Å². The Morgan fingerprint density at radius 2 is 2.19 bits per heavy atom. The number of nitro benzene ring substituents is 1. The van der Waals surface area contributed by atoms with Crippen LogP contribution in [0.4, 0.5) is 11.4 Å². The average Bonchev–Trinajstić information content (AvgIpc) is 2.82. The van der Waals surface area contributed by atoms with Gasteiger partial charge in [0, 0.05) is 13.1 Å². The summed E-state index contributed by atoms with van der Waals surface area (Å²) in [5.41, 5.74) is 4.85. The molecule has 0 atom stereocenters. The van der Waals surface area contributed by atoms with Crippen LogP contribution in [0.3, 0.4) is 0 Å². The van der Waals surface area contributed by atoms with Gasteiger partial charge in [-0.1, -0.05) is 0 Å². The van der Waals surface area contributed by atoms with E-state index in [1.54, 1.807) is 7.05 Å². The van der Waals surface area contributed by atoms with Crippen molar-refractivity contribution in [2.75, 3.05) is 5.73 Å². The largest absolute Gasteiger partial charge is 0.393 e. The second-order valence-corrected chi connectivity index (χ2v) is 5.90. The minimum Gasteiger partial charge on any atom is -0.393 e. The number of aryl methyl sites for hydroxylation is 1. The fraction of sp³-hybridized carbons (Fsp3) is 0.200. The fourth-order valence-corrected chi connectivity index (χ4v) is 2.56. The summed E-state index contributed by atoms with van der Waals surface area (Å²) in [4.78, 5) is 13.6. The van der Waals surface area contributed by atoms with Crippen LogP contribution in [0.1, 0.15) is 5.82 Å². The third-order valence-electron chi connectivity index (χ3n) is 2.58. The standard InChI is InChI=1S/C10H12N6O4S/c1-15-6-12-10(14-15)5-13-21(19,20)7-2-3-8(11)9(4-7)16(17)18/h2-4,6,13H,5,11H2,1H3. The average molecular weight is 312 g/mol. The molecule has 112 valence electrons. The highest BCUT2D eigenvalue weighted by Gasteiger charge is 2.20. The lowest BCUT2D eigenvalue weighted by Crippen LogP contribution is -2.24. The molecule has 2 rings (SSSR count). The number of nitrogens with one attached hydrogen (secondary N) is 1. The predicted molar refractivity (Wildman–Crippen MR) is 72.5 cm³/mol. The third kappa shape index (κ3) is 3.32. The minimum atomic E-state index is -3.92. The SMILES string of the molecule is Cn1cnc(CNS(=O)(=O)c2ccc(N)c([N+](=O)[O-])c2)n1. The van der Waals surface area contributed by atoms with Gasteiger partial charge in [-0.15, -0.1) is 0 Å². The second kappa shape index (κ2) is 5.46. The van der Waals surface area contributed by atoms with Crippen LogP contribution in [0.25, 0.3) is 0 Å². The Bertz CT molecular complexity index is 785. The molecule has 0 fully saturated rings. The highest BCUT2D eigenvalue weighted by Crippen LogP contribution is 2.24. The number of nitrogen functional groups attached to an aromatic ring is 1. The normalized spacial score (nSPS) is 11.5. The molecular formula is C10H12N6O4S. The molecule has 0 saturated heterocycles. The number of rotatable bonds is 5. The van der Waals surface area contributed by atoms with Gasteiger partial charge in [0.25, 0.3) is 5.69 Å². The second-order valence-electron chi connectivity index (χ2n) is 4.14. The van der Waals surface area contributed by atoms with Crippen molar-refractivity contribution in [1.29, 1.82) is 0 Å². The predicted octanol–water partition coefficient (Wildman–Crippen LogP) is -0.216. The van der Waals surface area contributed by atoms with Gasteiger partial charge in [-0.3, -0.25) is 14.8 Å². The first-order chi connectivity index (χ1) is 9.79. The first-order valence-corrected chi connectivity index (χ1v) is 7.16. The Kier molecular flexibility index (Phi) is 3.86. The van der Waals surface area contributed by atoms with Crippen LogP contribution in [0, 0.1) is 10.1 Å². The Morgan fingerprint density at radius 1 is 1.48 bits per heavy atom. The molecule has 2 aromatic rings. The lowest BCUT2D eigenvalue weighted by molar-refractivity contribution is -0.384. The van der Waals surface area contributed by atoms with E-state index in [1.165, 1.54) is 23.1 Å². The number of anilines is 1. The van der Waals surface area contributed by atoms with E-state index in [0.29, 0.717) is 0 Å². The lowest BCUT2D eigenvalue weighted by atomic mass is 10.3. The summed E-state index contributed by atoms with van der Waals surface area (Å²) in [6.45, 7) is -0.124. The van der Waals surface area contributed by atoms with Gasteiger partial charge >= 0.3 is 0 Å². The van der Waals surface area contributed by atoms with Crippen LogP contribution >= 0.6 is 0 Å². The van der Waals surface area contributed by atoms with Crippen LogP contribution in [0.5, 0.6) is 0 Å². The van der Waals surface area contributed by atoms with E-state index in [0.717, 1.165) is 6.07 Å². The summed E-state index contributed by atoms with van der Waals surface area (Å²) in [5, 5.41) is 14.7. The smallest absolute Gasteiger partial charge is 0.293 e. The monoisotopic (exact) mass is 312 g/mol. The zero-order valence-corrected chi connectivity index (χ0v) is 11.7. The van der Waals surface area contributed by atoms with Crippen LogP contribution < -0.4 is 10.5 Å². The number of benzene rings is 1. The minimum absolute atomic E-state index is 0.106. The van der Waals surface area contributed by atoms with Gasteiger partial charge in [0.15, 0.2) is 5.82 Å². The number of aromatic nitrogens is 3. The van der Waals surface area contributed by atoms with E-state index < -0.39 is 20.6 Å². The maximum absolute atomic E-state index is 12.1. The number of nitro groups is 1. The van der Waals surface area contributed by atoms with Crippen molar-refractivity contribution in [3.05, 3.63) is 40.5 Å². The van der Waals surface area contributed by atoms with Gasteiger partial charge in [0.2, 0.25) is 10.0 Å². The molecule has 0 aliphatic rings. The molecule has 21 heavy (non-hydrogen) atoms. The van der Waals surface area contributed by atoms with E-state index in [2.05, 4.69) is 14.8 Å². The maximum atomic E-state index is 12.1. The summed E-state index contributed by atoms with van der Waals surface area (Å²) in [5.74, 6) is 0.283. The fourth-order valence-electron chi connectivity index (χ4n) is 1.56. The van der Waals surface area contributed by atoms with E-state index in [-0.39, 0.29) is 23.0 Å². The molecule has 11 heteroatoms. The number of sulfonamides is 1. The van der Waals surface area contributed by atoms with Gasteiger partial charge in [-0.2, -0.15) is 5.10 Å². The molecule has 0 spiro atoms. The topological polar surface area (TPSA) is 146 Å². The van der Waals surface area contributed by atoms with Crippen molar-refractivity contribution in [3.63, 3.8) is 0 Å². The number of nitrogens with zero attached hydrogens (tertiary/aromatic N) is 4. The lowest BCUT2D eigenvalue weighted by Gasteiger charge is -2.05. The summed E-state index contributed by atoms with van der Waals surface area (Å²) in [7, 11) is -2.27. The van der Waals surface area contributed by atoms with Crippen LogP contribution in [-0.2, 0) is 23.6 Å². The molecule has 0 unspecified atom stereocenters. The van der Waals surface area contributed by atoms with E-state index in [4.69, 9.17) is 5.73 Å². The molecule has 0 radical (unpaired) electrons. The van der Waals surface area contributed by atoms with Gasteiger partial charge < -0.3 is 5.73 Å². The molecule has 10 nitrogen and oxygen atoms in total. The van der Waals surface area contributed by atoms with Crippen molar-refractivity contribution < 1.29 is 13.3 Å². The third-order valence-corrected chi connectivity index (χ3v) is 3.98. The van der Waals surface area contributed by atoms with E-state index >= 15 is 0 Å². The number of hydrogen-bond donors (Lipinski definition) is 2. The molecule has 0 aliphatic carbocycles. The van der Waals surface area contributed by atoms with Crippen molar-refractivity contribution in [1.82, 2.24) is 19.5 Å². The van der Waals surface area contributed by atoms with E-state index in [1.807, 2.05) is 0 Å². The quantitative estimate of drug-likeness (QED) is 0.441. The summed E-state index contributed by atoms with van der Waals surface area (Å²) < 4.78 is 27.8. The van der Waals surface area contributed by atoms with Crippen molar-refractivity contribution in [2.45, 2.75) is 11.4 Å². The zero-order valence-electron chi connectivity index (χ0n) is 10.9. The first-order valence-electron chi connectivity index (χ1n) is 5.67. The highest BCUT2D eigenvalue weighted by atomic mass is 32.2. The van der Waals surface area contributed by atoms with E-state index in [9.17, 15) is 18.5 Å². The van der Waals surface area contributed by atoms with Crippen LogP contribution in [-0.4, -0.2) is 28.1 Å². The Morgan fingerprint density at radius 3 is 2.76 bits per heavy atom. The molecule has 0 aliphatic heterocycles. The van der Waals surface area contributed by atoms with Crippen molar-refractivity contribution in [3.8, 4) is 0 Å². The number of hydrogen-bond acceptors (Lipinski definition) is 7. The Labute approximate surface area is 119 Å². The molecule has 3 N–H and O–H groups in total.